The van der Waals surface area contributed by atoms with Crippen LogP contribution in [0.1, 0.15) is 30.4 Å². The average molecular weight is 311 g/mol. The van der Waals surface area contributed by atoms with Crippen LogP contribution in [0.15, 0.2) is 54.6 Å². The average Bonchev–Trinajstić information content (AvgIpc) is 2.61. The number of ether oxygens (including phenoxy) is 1. The summed E-state index contributed by atoms with van der Waals surface area (Å²) in [6.45, 7) is 0.758. The van der Waals surface area contributed by atoms with Gasteiger partial charge in [0, 0.05) is 13.0 Å². The van der Waals surface area contributed by atoms with E-state index in [1.165, 1.54) is 5.56 Å². The minimum Gasteiger partial charge on any atom is -0.497 e. The Balaban J connectivity index is 1.56. The van der Waals surface area contributed by atoms with Gasteiger partial charge in [-0.05, 0) is 48.9 Å². The Morgan fingerprint density at radius 1 is 0.913 bits per heavy atom. The van der Waals surface area contributed by atoms with Crippen LogP contribution in [0.25, 0.3) is 0 Å². The molecule has 0 unspecified atom stereocenters. The molecule has 2 aromatic carbocycles. The van der Waals surface area contributed by atoms with Crippen LogP contribution in [-0.2, 0) is 17.6 Å². The molecular weight excluding hydrogens is 286 g/mol. The van der Waals surface area contributed by atoms with Crippen LogP contribution in [0.3, 0.4) is 0 Å². The second-order valence-electron chi connectivity index (χ2n) is 5.64. The zero-order valence-corrected chi connectivity index (χ0v) is 13.8. The number of hydrogen-bond acceptors (Lipinski definition) is 2. The first kappa shape index (κ1) is 17.1. The number of methoxy groups -OCH3 is 1. The van der Waals surface area contributed by atoms with E-state index in [-0.39, 0.29) is 5.91 Å². The summed E-state index contributed by atoms with van der Waals surface area (Å²) < 4.78 is 5.12. The van der Waals surface area contributed by atoms with Crippen LogP contribution < -0.4 is 10.1 Å². The van der Waals surface area contributed by atoms with E-state index < -0.39 is 0 Å². The van der Waals surface area contributed by atoms with Crippen LogP contribution >= 0.6 is 0 Å². The van der Waals surface area contributed by atoms with Gasteiger partial charge in [-0.2, -0.15) is 0 Å². The minimum atomic E-state index is 0.125. The SMILES string of the molecule is COc1ccc(CCC(=O)NCCCCc2ccccc2)cc1. The lowest BCUT2D eigenvalue weighted by molar-refractivity contribution is -0.121. The van der Waals surface area contributed by atoms with Gasteiger partial charge in [-0.1, -0.05) is 42.5 Å². The summed E-state index contributed by atoms with van der Waals surface area (Å²) in [4.78, 5) is 11.8. The fraction of sp³-hybridized carbons (Fsp3) is 0.350. The Kier molecular flexibility index (Phi) is 7.18. The van der Waals surface area contributed by atoms with Crippen LogP contribution in [0.5, 0.6) is 5.75 Å². The number of amides is 1. The van der Waals surface area contributed by atoms with Gasteiger partial charge in [0.1, 0.15) is 5.75 Å². The number of aryl methyl sites for hydroxylation is 2. The number of unbranched alkanes of at least 4 members (excludes halogenated alkanes) is 1. The van der Waals surface area contributed by atoms with E-state index in [9.17, 15) is 4.79 Å². The van der Waals surface area contributed by atoms with E-state index in [4.69, 9.17) is 4.74 Å². The molecule has 1 N–H and O–H groups in total. The van der Waals surface area contributed by atoms with E-state index in [1.807, 2.05) is 30.3 Å². The molecular formula is C20H25NO2. The largest absolute Gasteiger partial charge is 0.497 e. The number of carbonyl (C=O) groups is 1. The van der Waals surface area contributed by atoms with Gasteiger partial charge in [0.15, 0.2) is 0 Å². The molecule has 0 saturated heterocycles. The predicted octanol–water partition coefficient (Wildman–Crippen LogP) is 3.77. The third-order valence-corrected chi connectivity index (χ3v) is 3.86. The lowest BCUT2D eigenvalue weighted by Gasteiger charge is -2.06. The molecule has 0 aliphatic heterocycles. The maximum absolute atomic E-state index is 11.8. The van der Waals surface area contributed by atoms with Crippen molar-refractivity contribution in [1.29, 1.82) is 0 Å². The maximum atomic E-state index is 11.8. The summed E-state index contributed by atoms with van der Waals surface area (Å²) in [5, 5.41) is 3.00. The standard InChI is InChI=1S/C20H25NO2/c1-23-19-13-10-18(11-14-19)12-15-20(22)21-16-6-5-9-17-7-3-2-4-8-17/h2-4,7-8,10-11,13-14H,5-6,9,12,15-16H2,1H3,(H,21,22). The first-order valence-corrected chi connectivity index (χ1v) is 8.21. The van der Waals surface area contributed by atoms with Gasteiger partial charge < -0.3 is 10.1 Å². The second kappa shape index (κ2) is 9.67. The van der Waals surface area contributed by atoms with Crippen LogP contribution in [0.2, 0.25) is 0 Å². The molecule has 0 saturated carbocycles. The fourth-order valence-corrected chi connectivity index (χ4v) is 2.47. The third-order valence-electron chi connectivity index (χ3n) is 3.86. The maximum Gasteiger partial charge on any atom is 0.220 e. The van der Waals surface area contributed by atoms with Crippen molar-refractivity contribution in [2.24, 2.45) is 0 Å². The van der Waals surface area contributed by atoms with Crippen LogP contribution in [-0.4, -0.2) is 19.6 Å². The van der Waals surface area contributed by atoms with Gasteiger partial charge in [0.25, 0.3) is 0 Å². The third kappa shape index (κ3) is 6.55. The van der Waals surface area contributed by atoms with Crippen LogP contribution in [0.4, 0.5) is 0 Å². The monoisotopic (exact) mass is 311 g/mol. The van der Waals surface area contributed by atoms with E-state index in [2.05, 4.69) is 29.6 Å². The summed E-state index contributed by atoms with van der Waals surface area (Å²) >= 11 is 0. The smallest absolute Gasteiger partial charge is 0.220 e. The number of hydrogen-bond donors (Lipinski definition) is 1. The summed E-state index contributed by atoms with van der Waals surface area (Å²) in [5.41, 5.74) is 2.52. The van der Waals surface area contributed by atoms with Gasteiger partial charge in [-0.15, -0.1) is 0 Å². The lowest BCUT2D eigenvalue weighted by atomic mass is 10.1. The second-order valence-corrected chi connectivity index (χ2v) is 5.64. The molecule has 23 heavy (non-hydrogen) atoms. The molecule has 0 atom stereocenters. The number of carbonyl (C=O) groups excluding carboxylic acids is 1. The first-order valence-electron chi connectivity index (χ1n) is 8.21. The summed E-state index contributed by atoms with van der Waals surface area (Å²) in [6, 6.07) is 18.3. The van der Waals surface area contributed by atoms with Gasteiger partial charge in [0.05, 0.1) is 7.11 Å². The summed E-state index contributed by atoms with van der Waals surface area (Å²) in [5.74, 6) is 0.970. The molecule has 0 aliphatic carbocycles. The lowest BCUT2D eigenvalue weighted by Crippen LogP contribution is -2.24. The Labute approximate surface area is 138 Å². The highest BCUT2D eigenvalue weighted by atomic mass is 16.5. The van der Waals surface area contributed by atoms with Crippen molar-refractivity contribution < 1.29 is 9.53 Å². The molecule has 0 aliphatic rings. The molecule has 0 bridgehead atoms. The van der Waals surface area contributed by atoms with Crippen molar-refractivity contribution in [3.63, 3.8) is 0 Å². The number of benzene rings is 2. The highest BCUT2D eigenvalue weighted by molar-refractivity contribution is 5.76. The first-order chi connectivity index (χ1) is 11.3. The van der Waals surface area contributed by atoms with Gasteiger partial charge in [-0.25, -0.2) is 0 Å². The molecule has 122 valence electrons. The van der Waals surface area contributed by atoms with Gasteiger partial charge >= 0.3 is 0 Å². The molecule has 2 rings (SSSR count). The van der Waals surface area contributed by atoms with Crippen LogP contribution in [0, 0.1) is 0 Å². The Hall–Kier alpha value is -2.29. The van der Waals surface area contributed by atoms with E-state index in [0.29, 0.717) is 6.42 Å². The molecule has 0 radical (unpaired) electrons. The van der Waals surface area contributed by atoms with E-state index >= 15 is 0 Å². The number of rotatable bonds is 9. The highest BCUT2D eigenvalue weighted by Crippen LogP contribution is 2.12. The molecule has 0 spiro atoms. The van der Waals surface area contributed by atoms with Crippen molar-refractivity contribution in [3.05, 3.63) is 65.7 Å². The highest BCUT2D eigenvalue weighted by Gasteiger charge is 2.02. The van der Waals surface area contributed by atoms with Crippen molar-refractivity contribution in [2.75, 3.05) is 13.7 Å². The molecule has 1 amide bonds. The predicted molar refractivity (Wildman–Crippen MR) is 93.7 cm³/mol. The summed E-state index contributed by atoms with van der Waals surface area (Å²) in [7, 11) is 1.65. The summed E-state index contributed by atoms with van der Waals surface area (Å²) in [6.07, 6.45) is 4.49. The molecule has 3 heteroatoms. The minimum absolute atomic E-state index is 0.125. The Morgan fingerprint density at radius 2 is 1.61 bits per heavy atom. The number of nitrogens with one attached hydrogen (secondary N) is 1. The zero-order chi connectivity index (χ0) is 16.3. The fourth-order valence-electron chi connectivity index (χ4n) is 2.47. The van der Waals surface area contributed by atoms with Crippen molar-refractivity contribution in [1.82, 2.24) is 5.32 Å². The van der Waals surface area contributed by atoms with E-state index in [0.717, 1.165) is 43.5 Å². The quantitative estimate of drug-likeness (QED) is 0.716. The topological polar surface area (TPSA) is 38.3 Å². The molecule has 3 nitrogen and oxygen atoms in total. The zero-order valence-electron chi connectivity index (χ0n) is 13.8. The molecule has 0 heterocycles. The Bertz CT molecular complexity index is 578. The van der Waals surface area contributed by atoms with Gasteiger partial charge in [-0.3, -0.25) is 4.79 Å². The van der Waals surface area contributed by atoms with Crippen molar-refractivity contribution in [3.8, 4) is 5.75 Å². The molecule has 2 aromatic rings. The van der Waals surface area contributed by atoms with Crippen molar-refractivity contribution >= 4 is 5.91 Å². The Morgan fingerprint density at radius 3 is 2.30 bits per heavy atom. The normalized spacial score (nSPS) is 10.3. The van der Waals surface area contributed by atoms with Crippen molar-refractivity contribution in [2.45, 2.75) is 32.1 Å². The molecule has 0 fully saturated rings. The van der Waals surface area contributed by atoms with E-state index in [1.54, 1.807) is 7.11 Å². The van der Waals surface area contributed by atoms with Gasteiger partial charge in [0.2, 0.25) is 5.91 Å². The molecule has 0 aromatic heterocycles.